The number of ether oxygens (including phenoxy) is 12. The van der Waals surface area contributed by atoms with Crippen LogP contribution in [0.5, 0.6) is 69.0 Å². The topological polar surface area (TPSA) is 111 Å². The summed E-state index contributed by atoms with van der Waals surface area (Å²) in [7, 11) is 14.7. The van der Waals surface area contributed by atoms with Crippen molar-refractivity contribution in [1.82, 2.24) is 0 Å². The van der Waals surface area contributed by atoms with Crippen LogP contribution >= 0.6 is 0 Å². The van der Waals surface area contributed by atoms with Crippen LogP contribution in [0.15, 0.2) is 18.2 Å². The van der Waals surface area contributed by atoms with Gasteiger partial charge in [0.15, 0.2) is 42.6 Å². The van der Waals surface area contributed by atoms with E-state index >= 15 is 0 Å². The minimum Gasteiger partial charge on any atom is -1.00 e. The number of hydrogen-bond donors (Lipinski definition) is 0. The molecule has 0 amide bonds. The van der Waals surface area contributed by atoms with Crippen LogP contribution < -0.4 is 115 Å². The minimum absolute atomic E-state index is 0. The molecule has 0 saturated heterocycles. The van der Waals surface area contributed by atoms with Crippen LogP contribution in [0.2, 0.25) is 0 Å². The first-order valence-electron chi connectivity index (χ1n) is 16.3. The first-order valence-corrected chi connectivity index (χ1v) is 18.3. The van der Waals surface area contributed by atoms with Gasteiger partial charge in [-0.1, -0.05) is 27.7 Å². The van der Waals surface area contributed by atoms with E-state index in [1.165, 1.54) is 0 Å². The van der Waals surface area contributed by atoms with Gasteiger partial charge in [-0.3, -0.25) is 0 Å². The van der Waals surface area contributed by atoms with Gasteiger partial charge in [-0.25, -0.2) is 0 Å². The summed E-state index contributed by atoms with van der Waals surface area (Å²) in [4.78, 5) is 0. The third kappa shape index (κ3) is 7.95. The molecule has 0 saturated carbocycles. The minimum atomic E-state index is -4.20. The van der Waals surface area contributed by atoms with E-state index < -0.39 is 8.07 Å². The SMILES string of the molecule is COc1cc(OC)c([Si](c2c(OC)cc(OC)c(OC)c2OC)(c2c(OC)cc(OC)c(OC)c2OC)[c-]2c(C)c(C)c(C)c2C)c(OC)c1OC.[Cl-].[Cl-].[Cl-].[Ti+4]. The molecule has 56 heavy (non-hydrogen) atoms. The zero-order chi connectivity index (χ0) is 38.7. The molecule has 0 aromatic heterocycles. The maximum atomic E-state index is 6.41. The molecule has 0 N–H and O–H groups in total. The third-order valence-corrected chi connectivity index (χ3v) is 15.1. The first kappa shape index (κ1) is 52.4. The van der Waals surface area contributed by atoms with Crippen molar-refractivity contribution >= 4 is 28.8 Å². The Morgan fingerprint density at radius 1 is 0.339 bits per heavy atom. The molecule has 0 heterocycles. The van der Waals surface area contributed by atoms with E-state index in [0.29, 0.717) is 84.6 Å². The molecule has 12 nitrogen and oxygen atoms in total. The van der Waals surface area contributed by atoms with Crippen LogP contribution in [0.25, 0.3) is 0 Å². The quantitative estimate of drug-likeness (QED) is 0.0612. The van der Waals surface area contributed by atoms with E-state index in [1.54, 1.807) is 104 Å². The second-order valence-corrected chi connectivity index (χ2v) is 15.3. The van der Waals surface area contributed by atoms with E-state index in [9.17, 15) is 0 Å². The molecular formula is C39H51Cl3O12SiTi. The van der Waals surface area contributed by atoms with Crippen molar-refractivity contribution in [3.8, 4) is 69.0 Å². The van der Waals surface area contributed by atoms with Gasteiger partial charge in [0.05, 0.1) is 85.3 Å². The largest absolute Gasteiger partial charge is 4.00 e. The number of halogens is 3. The van der Waals surface area contributed by atoms with Crippen LogP contribution in [0.1, 0.15) is 22.3 Å². The van der Waals surface area contributed by atoms with Crippen LogP contribution in [0.4, 0.5) is 0 Å². The fourth-order valence-electron chi connectivity index (χ4n) is 7.48. The van der Waals surface area contributed by atoms with Crippen LogP contribution in [-0.2, 0) is 21.7 Å². The molecule has 0 aliphatic heterocycles. The Bertz CT molecular complexity index is 1760. The number of benzene rings is 3. The first-order chi connectivity index (χ1) is 25.0. The van der Waals surface area contributed by atoms with Crippen LogP contribution in [0.3, 0.4) is 0 Å². The van der Waals surface area contributed by atoms with Gasteiger partial charge in [-0.2, -0.15) is 22.3 Å². The normalized spacial score (nSPS) is 10.3. The average Bonchev–Trinajstić information content (AvgIpc) is 3.37. The monoisotopic (exact) mass is 892 g/mol. The van der Waals surface area contributed by atoms with Crippen molar-refractivity contribution in [2.75, 3.05) is 85.3 Å². The standard InChI is InChI=1S/C39H51O12Si.3ClH.Ti/c1-20-21(2)23(4)36(22(20)3)52(37-27(43-8)17-24(40-5)30(46-11)33(37)49-14,38-28(44-9)18-25(41-6)31(47-12)34(38)50-15)39-29(45-10)19-26(42-7)32(48-13)35(39)51-16;;;;/h17-19H,1-16H3;3*1H;/q-1;;;;+4/p-3. The Labute approximate surface area is 365 Å². The Morgan fingerprint density at radius 2 is 0.554 bits per heavy atom. The molecule has 0 atom stereocenters. The van der Waals surface area contributed by atoms with E-state index in [4.69, 9.17) is 56.8 Å². The molecule has 0 aliphatic rings. The fourth-order valence-corrected chi connectivity index (χ4v) is 13.8. The third-order valence-electron chi connectivity index (χ3n) is 9.98. The average molecular weight is 894 g/mol. The molecule has 4 aromatic carbocycles. The fraction of sp³-hybridized carbons (Fsp3) is 0.410. The Hall–Kier alpha value is -3.59. The molecule has 4 aromatic rings. The Balaban J connectivity index is 0.00000756. The van der Waals surface area contributed by atoms with Crippen molar-refractivity contribution in [3.63, 3.8) is 0 Å². The van der Waals surface area contributed by atoms with Gasteiger partial charge < -0.3 is 94.1 Å². The van der Waals surface area contributed by atoms with Gasteiger partial charge in [0.1, 0.15) is 17.2 Å². The molecule has 0 aliphatic carbocycles. The summed E-state index contributed by atoms with van der Waals surface area (Å²) in [5.74, 6) is 4.50. The number of rotatable bonds is 16. The van der Waals surface area contributed by atoms with Crippen LogP contribution in [0, 0.1) is 27.7 Å². The summed E-state index contributed by atoms with van der Waals surface area (Å²) >= 11 is 0. The molecule has 308 valence electrons. The molecule has 4 rings (SSSR count). The molecule has 17 heteroatoms. The van der Waals surface area contributed by atoms with Crippen molar-refractivity contribution in [1.29, 1.82) is 0 Å². The van der Waals surface area contributed by atoms with Gasteiger partial charge >= 0.3 is 21.7 Å². The Morgan fingerprint density at radius 3 is 0.732 bits per heavy atom. The van der Waals surface area contributed by atoms with Crippen molar-refractivity contribution in [2.24, 2.45) is 0 Å². The van der Waals surface area contributed by atoms with Crippen LogP contribution in [-0.4, -0.2) is 93.4 Å². The predicted octanol–water partition coefficient (Wildman–Crippen LogP) is -4.87. The molecule has 0 unspecified atom stereocenters. The summed E-state index contributed by atoms with van der Waals surface area (Å²) in [6.07, 6.45) is 0. The summed E-state index contributed by atoms with van der Waals surface area (Å²) < 4.78 is 74.1. The summed E-state index contributed by atoms with van der Waals surface area (Å²) in [6, 6.07) is 5.35. The van der Waals surface area contributed by atoms with E-state index in [0.717, 1.165) is 27.4 Å². The van der Waals surface area contributed by atoms with Crippen molar-refractivity contribution in [2.45, 2.75) is 27.7 Å². The zero-order valence-corrected chi connectivity index (χ0v) is 39.6. The van der Waals surface area contributed by atoms with Crippen molar-refractivity contribution < 1.29 is 116 Å². The van der Waals surface area contributed by atoms with Gasteiger partial charge in [0.25, 0.3) is 0 Å². The molecule has 0 spiro atoms. The zero-order valence-electron chi connectivity index (χ0n) is 34.8. The maximum absolute atomic E-state index is 6.41. The van der Waals surface area contributed by atoms with Gasteiger partial charge in [0, 0.05) is 33.8 Å². The molecule has 0 radical (unpaired) electrons. The summed E-state index contributed by atoms with van der Waals surface area (Å²) in [6.45, 7) is 8.42. The van der Waals surface area contributed by atoms with Crippen molar-refractivity contribution in [3.05, 3.63) is 40.5 Å². The predicted molar refractivity (Wildman–Crippen MR) is 203 cm³/mol. The van der Waals surface area contributed by atoms with Gasteiger partial charge in [-0.05, 0) is 0 Å². The number of hydrogen-bond acceptors (Lipinski definition) is 12. The van der Waals surface area contributed by atoms with E-state index in [-0.39, 0.29) is 58.9 Å². The number of methoxy groups -OCH3 is 12. The molecule has 0 fully saturated rings. The van der Waals surface area contributed by atoms with E-state index in [1.807, 2.05) is 0 Å². The summed E-state index contributed by atoms with van der Waals surface area (Å²) in [5.41, 5.74) is 4.22. The second kappa shape index (κ2) is 21.8. The Kier molecular flexibility index (Phi) is 20.4. The van der Waals surface area contributed by atoms with Gasteiger partial charge in [0.2, 0.25) is 17.2 Å². The molecular weight excluding hydrogens is 843 g/mol. The maximum Gasteiger partial charge on any atom is 4.00 e. The molecule has 0 bridgehead atoms. The second-order valence-electron chi connectivity index (χ2n) is 11.8. The van der Waals surface area contributed by atoms with Gasteiger partial charge in [-0.15, -0.1) is 5.19 Å². The summed E-state index contributed by atoms with van der Waals surface area (Å²) in [5, 5.41) is 2.79. The van der Waals surface area contributed by atoms with E-state index in [2.05, 4.69) is 27.7 Å². The smallest absolute Gasteiger partial charge is 1.00 e.